The summed E-state index contributed by atoms with van der Waals surface area (Å²) >= 11 is 0. The van der Waals surface area contributed by atoms with E-state index in [1.807, 2.05) is 0 Å². The van der Waals surface area contributed by atoms with Crippen LogP contribution in [0.1, 0.15) is 30.1 Å². The lowest BCUT2D eigenvalue weighted by atomic mass is 9.96. The molecule has 8 heteroatoms. The van der Waals surface area contributed by atoms with Crippen LogP contribution in [0.4, 0.5) is 5.69 Å². The van der Waals surface area contributed by atoms with Crippen LogP contribution in [0.3, 0.4) is 0 Å². The van der Waals surface area contributed by atoms with E-state index in [9.17, 15) is 14.9 Å². The third-order valence-corrected chi connectivity index (χ3v) is 4.48. The number of piperidine rings is 1. The summed E-state index contributed by atoms with van der Waals surface area (Å²) in [6.45, 7) is 4.40. The monoisotopic (exact) mass is 350 g/mol. The van der Waals surface area contributed by atoms with E-state index >= 15 is 0 Å². The van der Waals surface area contributed by atoms with Crippen molar-refractivity contribution in [3.05, 3.63) is 33.9 Å². The molecule has 1 aromatic rings. The van der Waals surface area contributed by atoms with Crippen molar-refractivity contribution >= 4 is 11.6 Å². The molecule has 25 heavy (non-hydrogen) atoms. The number of ether oxygens (including phenoxy) is 3. The molecule has 2 aliphatic rings. The summed E-state index contributed by atoms with van der Waals surface area (Å²) in [7, 11) is 0. The fourth-order valence-electron chi connectivity index (χ4n) is 3.32. The predicted molar refractivity (Wildman–Crippen MR) is 88.6 cm³/mol. The lowest BCUT2D eigenvalue weighted by molar-refractivity contribution is -0.385. The van der Waals surface area contributed by atoms with Crippen molar-refractivity contribution in [2.75, 3.05) is 32.9 Å². The normalized spacial score (nSPS) is 21.3. The lowest BCUT2D eigenvalue weighted by Gasteiger charge is -2.34. The predicted octanol–water partition coefficient (Wildman–Crippen LogP) is 2.22. The molecule has 0 aromatic heterocycles. The van der Waals surface area contributed by atoms with Gasteiger partial charge in [0.15, 0.2) is 12.0 Å². The molecule has 1 amide bonds. The third-order valence-electron chi connectivity index (χ3n) is 4.48. The van der Waals surface area contributed by atoms with Gasteiger partial charge in [0.05, 0.1) is 24.7 Å². The van der Waals surface area contributed by atoms with E-state index < -0.39 is 4.92 Å². The van der Waals surface area contributed by atoms with Crippen LogP contribution in [-0.4, -0.2) is 54.9 Å². The second-order valence-corrected chi connectivity index (χ2v) is 6.14. The van der Waals surface area contributed by atoms with Crippen molar-refractivity contribution in [2.24, 2.45) is 5.92 Å². The Kier molecular flexibility index (Phi) is 5.50. The van der Waals surface area contributed by atoms with Crippen LogP contribution < -0.4 is 4.74 Å². The number of nitro groups is 1. The molecule has 1 unspecified atom stereocenters. The van der Waals surface area contributed by atoms with Gasteiger partial charge in [-0.2, -0.15) is 0 Å². The molecule has 3 rings (SSSR count). The minimum absolute atomic E-state index is 0.137. The van der Waals surface area contributed by atoms with Crippen molar-refractivity contribution in [3.63, 3.8) is 0 Å². The van der Waals surface area contributed by atoms with Crippen molar-refractivity contribution in [1.82, 2.24) is 4.90 Å². The highest BCUT2D eigenvalue weighted by Gasteiger charge is 2.33. The fraction of sp³-hybridized carbons (Fsp3) is 0.588. The van der Waals surface area contributed by atoms with Crippen LogP contribution in [0.5, 0.6) is 5.75 Å². The van der Waals surface area contributed by atoms with Gasteiger partial charge in [-0.15, -0.1) is 0 Å². The van der Waals surface area contributed by atoms with Gasteiger partial charge in [0, 0.05) is 30.6 Å². The first kappa shape index (κ1) is 17.6. The van der Waals surface area contributed by atoms with Gasteiger partial charge in [0.1, 0.15) is 0 Å². The Bertz CT molecular complexity index is 644. The molecule has 0 saturated carbocycles. The lowest BCUT2D eigenvalue weighted by Crippen LogP contribution is -2.43. The van der Waals surface area contributed by atoms with Crippen molar-refractivity contribution in [3.8, 4) is 5.75 Å². The first-order chi connectivity index (χ1) is 12.1. The number of nitrogens with zero attached hydrogens (tertiary/aromatic N) is 2. The zero-order valence-electron chi connectivity index (χ0n) is 14.2. The Labute approximate surface area is 145 Å². The summed E-state index contributed by atoms with van der Waals surface area (Å²) in [6, 6.07) is 4.35. The minimum atomic E-state index is -0.527. The average molecular weight is 350 g/mol. The summed E-state index contributed by atoms with van der Waals surface area (Å²) < 4.78 is 16.4. The molecule has 2 heterocycles. The van der Waals surface area contributed by atoms with Crippen molar-refractivity contribution in [2.45, 2.75) is 26.1 Å². The van der Waals surface area contributed by atoms with Crippen LogP contribution in [0.15, 0.2) is 18.2 Å². The van der Waals surface area contributed by atoms with Gasteiger partial charge in [-0.05, 0) is 31.9 Å². The summed E-state index contributed by atoms with van der Waals surface area (Å²) in [5.74, 6) is 0.0973. The van der Waals surface area contributed by atoms with E-state index in [-0.39, 0.29) is 29.6 Å². The second-order valence-electron chi connectivity index (χ2n) is 6.14. The fourth-order valence-corrected chi connectivity index (χ4v) is 3.32. The molecule has 2 saturated heterocycles. The van der Waals surface area contributed by atoms with E-state index in [1.165, 1.54) is 12.1 Å². The van der Waals surface area contributed by atoms with Crippen LogP contribution >= 0.6 is 0 Å². The Morgan fingerprint density at radius 1 is 1.40 bits per heavy atom. The quantitative estimate of drug-likeness (QED) is 0.597. The summed E-state index contributed by atoms with van der Waals surface area (Å²) in [5.41, 5.74) is 0.104. The number of carbonyl (C=O) groups is 1. The molecule has 0 spiro atoms. The van der Waals surface area contributed by atoms with Gasteiger partial charge < -0.3 is 19.1 Å². The maximum absolute atomic E-state index is 12.8. The highest BCUT2D eigenvalue weighted by molar-refractivity contribution is 5.95. The topological polar surface area (TPSA) is 91.1 Å². The molecule has 8 nitrogen and oxygen atoms in total. The van der Waals surface area contributed by atoms with Gasteiger partial charge in [-0.3, -0.25) is 14.9 Å². The van der Waals surface area contributed by atoms with Crippen LogP contribution in [0.2, 0.25) is 0 Å². The van der Waals surface area contributed by atoms with Crippen molar-refractivity contribution in [1.29, 1.82) is 0 Å². The number of carbonyl (C=O) groups excluding carboxylic acids is 1. The summed E-state index contributed by atoms with van der Waals surface area (Å²) in [6.07, 6.45) is 1.54. The number of amides is 1. The van der Waals surface area contributed by atoms with Crippen LogP contribution in [0, 0.1) is 16.0 Å². The maximum atomic E-state index is 12.8. The Hall–Kier alpha value is -2.19. The number of rotatable bonds is 5. The summed E-state index contributed by atoms with van der Waals surface area (Å²) in [5, 5.41) is 11.2. The Morgan fingerprint density at radius 3 is 2.84 bits per heavy atom. The molecule has 2 aliphatic heterocycles. The minimum Gasteiger partial charge on any atom is -0.487 e. The molecule has 2 fully saturated rings. The van der Waals surface area contributed by atoms with Gasteiger partial charge in [0.2, 0.25) is 0 Å². The van der Waals surface area contributed by atoms with E-state index in [0.29, 0.717) is 38.5 Å². The molecule has 0 N–H and O–H groups in total. The van der Waals surface area contributed by atoms with E-state index in [0.717, 1.165) is 12.8 Å². The standard InChI is InChI=1S/C17H22N2O6/c1-2-23-15-6-5-12(10-14(15)19(21)22)16(20)18-7-3-4-13(11-18)17-24-8-9-25-17/h5-6,10,13,17H,2-4,7-9,11H2,1H3. The number of benzene rings is 1. The van der Waals surface area contributed by atoms with Gasteiger partial charge in [0.25, 0.3) is 5.91 Å². The highest BCUT2D eigenvalue weighted by Crippen LogP contribution is 2.30. The van der Waals surface area contributed by atoms with E-state index in [1.54, 1.807) is 17.9 Å². The second kappa shape index (κ2) is 7.79. The molecule has 1 atom stereocenters. The molecular weight excluding hydrogens is 328 g/mol. The first-order valence-electron chi connectivity index (χ1n) is 8.54. The van der Waals surface area contributed by atoms with Crippen LogP contribution in [0.25, 0.3) is 0 Å². The number of hydrogen-bond donors (Lipinski definition) is 0. The van der Waals surface area contributed by atoms with Gasteiger partial charge >= 0.3 is 5.69 Å². The SMILES string of the molecule is CCOc1ccc(C(=O)N2CCCC(C3OCCO3)C2)cc1[N+](=O)[O-]. The zero-order valence-corrected chi connectivity index (χ0v) is 14.2. The van der Waals surface area contributed by atoms with E-state index in [4.69, 9.17) is 14.2 Å². The molecule has 0 aliphatic carbocycles. The largest absolute Gasteiger partial charge is 0.487 e. The molecular formula is C17H22N2O6. The number of nitro benzene ring substituents is 1. The molecule has 0 radical (unpaired) electrons. The third kappa shape index (κ3) is 3.91. The highest BCUT2D eigenvalue weighted by atomic mass is 16.7. The number of likely N-dealkylation sites (tertiary alicyclic amines) is 1. The molecule has 1 aromatic carbocycles. The Balaban J connectivity index is 1.75. The zero-order chi connectivity index (χ0) is 17.8. The molecule has 0 bridgehead atoms. The van der Waals surface area contributed by atoms with Crippen LogP contribution in [-0.2, 0) is 9.47 Å². The maximum Gasteiger partial charge on any atom is 0.311 e. The van der Waals surface area contributed by atoms with Gasteiger partial charge in [-0.1, -0.05) is 0 Å². The summed E-state index contributed by atoms with van der Waals surface area (Å²) in [4.78, 5) is 25.2. The first-order valence-corrected chi connectivity index (χ1v) is 8.54. The van der Waals surface area contributed by atoms with E-state index in [2.05, 4.69) is 0 Å². The number of hydrogen-bond acceptors (Lipinski definition) is 6. The smallest absolute Gasteiger partial charge is 0.311 e. The molecule has 136 valence electrons. The van der Waals surface area contributed by atoms with Gasteiger partial charge in [-0.25, -0.2) is 0 Å². The van der Waals surface area contributed by atoms with Crippen molar-refractivity contribution < 1.29 is 23.9 Å². The average Bonchev–Trinajstić information content (AvgIpc) is 3.16. The Morgan fingerprint density at radius 2 is 2.16 bits per heavy atom.